The van der Waals surface area contributed by atoms with Gasteiger partial charge >= 0.3 is 0 Å². The molecule has 0 bridgehead atoms. The molecule has 0 aliphatic carbocycles. The van der Waals surface area contributed by atoms with Crippen LogP contribution in [-0.2, 0) is 0 Å². The number of β-amino-alcohol motifs (C(OH)–C–C–N with tert-alkyl or cyclic N) is 1. The molecule has 1 N–H and O–H groups in total. The highest BCUT2D eigenvalue weighted by molar-refractivity contribution is 7.10. The molecule has 5 heteroatoms. The number of ketones is 1. The van der Waals surface area contributed by atoms with Crippen molar-refractivity contribution in [3.05, 3.63) is 52.2 Å². The van der Waals surface area contributed by atoms with Crippen LogP contribution in [0.25, 0.3) is 0 Å². The number of aliphatic hydroxyl groups excluding tert-OH is 1. The molecule has 24 heavy (non-hydrogen) atoms. The number of nitrogens with zero attached hydrogens (tertiary/aromatic N) is 1. The van der Waals surface area contributed by atoms with Crippen molar-refractivity contribution in [3.63, 3.8) is 0 Å². The average molecular weight is 345 g/mol. The van der Waals surface area contributed by atoms with Gasteiger partial charge < -0.3 is 9.84 Å². The van der Waals surface area contributed by atoms with E-state index in [4.69, 9.17) is 4.74 Å². The van der Waals surface area contributed by atoms with Crippen LogP contribution in [0.1, 0.15) is 41.0 Å². The Morgan fingerprint density at radius 1 is 1.42 bits per heavy atom. The summed E-state index contributed by atoms with van der Waals surface area (Å²) in [6, 6.07) is 11.8. The van der Waals surface area contributed by atoms with Gasteiger partial charge in [-0.05, 0) is 49.9 Å². The summed E-state index contributed by atoms with van der Waals surface area (Å²) in [5, 5.41) is 12.4. The SMILES string of the molecule is CC(=O)c1cccc(OC[C@H](O)CN2CCC[C@@H]2c2cccs2)c1. The van der Waals surface area contributed by atoms with Crippen LogP contribution < -0.4 is 4.74 Å². The Bertz CT molecular complexity index is 671. The molecule has 4 nitrogen and oxygen atoms in total. The number of hydrogen-bond acceptors (Lipinski definition) is 5. The molecule has 1 aromatic carbocycles. The standard InChI is InChI=1S/C19H23NO3S/c1-14(21)15-5-2-6-17(11-15)23-13-16(22)12-20-9-3-7-18(20)19-8-4-10-24-19/h2,4-6,8,10-11,16,18,22H,3,7,9,12-13H2,1H3/t16-,18-/m1/s1. The van der Waals surface area contributed by atoms with Crippen LogP contribution in [0.15, 0.2) is 41.8 Å². The minimum Gasteiger partial charge on any atom is -0.491 e. The van der Waals surface area contributed by atoms with Crippen LogP contribution in [0.5, 0.6) is 5.75 Å². The molecule has 128 valence electrons. The van der Waals surface area contributed by atoms with Crippen molar-refractivity contribution in [2.45, 2.75) is 31.9 Å². The van der Waals surface area contributed by atoms with E-state index in [0.29, 0.717) is 23.9 Å². The summed E-state index contributed by atoms with van der Waals surface area (Å²) in [4.78, 5) is 15.1. The summed E-state index contributed by atoms with van der Waals surface area (Å²) in [7, 11) is 0. The lowest BCUT2D eigenvalue weighted by atomic mass is 10.1. The van der Waals surface area contributed by atoms with Crippen LogP contribution in [0, 0.1) is 0 Å². The van der Waals surface area contributed by atoms with Gasteiger partial charge in [0.15, 0.2) is 5.78 Å². The van der Waals surface area contributed by atoms with E-state index in [1.807, 2.05) is 6.07 Å². The number of carbonyl (C=O) groups excluding carboxylic acids is 1. The van der Waals surface area contributed by atoms with Crippen LogP contribution in [0.2, 0.25) is 0 Å². The quantitative estimate of drug-likeness (QED) is 0.780. The van der Waals surface area contributed by atoms with Gasteiger partial charge in [0.1, 0.15) is 18.5 Å². The first-order valence-corrected chi connectivity index (χ1v) is 9.21. The van der Waals surface area contributed by atoms with E-state index < -0.39 is 6.10 Å². The van der Waals surface area contributed by atoms with Crippen molar-refractivity contribution in [1.29, 1.82) is 0 Å². The molecule has 2 heterocycles. The van der Waals surface area contributed by atoms with Gasteiger partial charge in [-0.25, -0.2) is 0 Å². The van der Waals surface area contributed by atoms with Crippen molar-refractivity contribution in [2.75, 3.05) is 19.7 Å². The zero-order chi connectivity index (χ0) is 16.9. The van der Waals surface area contributed by atoms with E-state index in [0.717, 1.165) is 19.4 Å². The van der Waals surface area contributed by atoms with E-state index in [1.165, 1.54) is 11.8 Å². The summed E-state index contributed by atoms with van der Waals surface area (Å²) in [6.45, 7) is 3.38. The van der Waals surface area contributed by atoms with Gasteiger partial charge in [0.2, 0.25) is 0 Å². The van der Waals surface area contributed by atoms with Crippen LogP contribution >= 0.6 is 11.3 Å². The molecular weight excluding hydrogens is 322 g/mol. The fraction of sp³-hybridized carbons (Fsp3) is 0.421. The number of likely N-dealkylation sites (tertiary alicyclic amines) is 1. The average Bonchev–Trinajstić information content (AvgIpc) is 3.24. The Morgan fingerprint density at radius 3 is 3.04 bits per heavy atom. The van der Waals surface area contributed by atoms with E-state index in [-0.39, 0.29) is 12.4 Å². The number of hydrogen-bond donors (Lipinski definition) is 1. The third-order valence-electron chi connectivity index (χ3n) is 4.36. The van der Waals surface area contributed by atoms with E-state index in [2.05, 4.69) is 22.4 Å². The van der Waals surface area contributed by atoms with Crippen molar-refractivity contribution in [1.82, 2.24) is 4.90 Å². The normalized spacial score (nSPS) is 19.3. The van der Waals surface area contributed by atoms with Crippen molar-refractivity contribution < 1.29 is 14.6 Å². The number of ether oxygens (including phenoxy) is 1. The first-order chi connectivity index (χ1) is 11.6. The molecule has 0 saturated carbocycles. The Hall–Kier alpha value is -1.69. The van der Waals surface area contributed by atoms with E-state index in [9.17, 15) is 9.90 Å². The highest BCUT2D eigenvalue weighted by Crippen LogP contribution is 2.34. The summed E-state index contributed by atoms with van der Waals surface area (Å²) < 4.78 is 5.67. The number of thiophene rings is 1. The maximum atomic E-state index is 11.4. The molecule has 0 spiro atoms. The van der Waals surface area contributed by atoms with Gasteiger partial charge in [0.05, 0.1) is 0 Å². The van der Waals surface area contributed by atoms with Gasteiger partial charge in [-0.3, -0.25) is 9.69 Å². The highest BCUT2D eigenvalue weighted by Gasteiger charge is 2.28. The zero-order valence-corrected chi connectivity index (χ0v) is 14.7. The first kappa shape index (κ1) is 17.1. The number of carbonyl (C=O) groups is 1. The van der Waals surface area contributed by atoms with Gasteiger partial charge in [0.25, 0.3) is 0 Å². The lowest BCUT2D eigenvalue weighted by Gasteiger charge is -2.26. The molecule has 1 fully saturated rings. The lowest BCUT2D eigenvalue weighted by Crippen LogP contribution is -2.35. The summed E-state index contributed by atoms with van der Waals surface area (Å²) in [5.74, 6) is 0.634. The molecule has 0 amide bonds. The number of benzene rings is 1. The Kier molecular flexibility index (Phi) is 5.66. The van der Waals surface area contributed by atoms with Gasteiger partial charge in [-0.15, -0.1) is 11.3 Å². The van der Waals surface area contributed by atoms with Crippen LogP contribution in [-0.4, -0.2) is 41.6 Å². The lowest BCUT2D eigenvalue weighted by molar-refractivity contribution is 0.0642. The molecule has 2 aromatic rings. The Morgan fingerprint density at radius 2 is 2.29 bits per heavy atom. The van der Waals surface area contributed by atoms with Crippen LogP contribution in [0.3, 0.4) is 0 Å². The molecule has 1 aliphatic heterocycles. The van der Waals surface area contributed by atoms with E-state index >= 15 is 0 Å². The number of rotatable bonds is 7. The highest BCUT2D eigenvalue weighted by atomic mass is 32.1. The molecule has 1 aliphatic rings. The molecule has 1 saturated heterocycles. The fourth-order valence-corrected chi connectivity index (χ4v) is 4.06. The molecule has 1 aromatic heterocycles. The zero-order valence-electron chi connectivity index (χ0n) is 13.9. The van der Waals surface area contributed by atoms with Crippen molar-refractivity contribution >= 4 is 17.1 Å². The second-order valence-electron chi connectivity index (χ2n) is 6.22. The molecule has 2 atom stereocenters. The summed E-state index contributed by atoms with van der Waals surface area (Å²) in [6.07, 6.45) is 1.76. The third kappa shape index (κ3) is 4.23. The molecular formula is C19H23NO3S. The minimum absolute atomic E-state index is 0.0110. The number of aliphatic hydroxyl groups is 1. The van der Waals surface area contributed by atoms with Crippen LogP contribution in [0.4, 0.5) is 0 Å². The fourth-order valence-electron chi connectivity index (χ4n) is 3.17. The van der Waals surface area contributed by atoms with Crippen molar-refractivity contribution in [2.24, 2.45) is 0 Å². The molecule has 0 radical (unpaired) electrons. The van der Waals surface area contributed by atoms with Gasteiger partial charge in [-0.2, -0.15) is 0 Å². The second-order valence-corrected chi connectivity index (χ2v) is 7.20. The number of Topliss-reactive ketones (excluding diaryl/α,β-unsaturated/α-hetero) is 1. The Balaban J connectivity index is 1.53. The maximum absolute atomic E-state index is 11.4. The topological polar surface area (TPSA) is 49.8 Å². The predicted molar refractivity (Wildman–Crippen MR) is 95.8 cm³/mol. The summed E-state index contributed by atoms with van der Waals surface area (Å²) >= 11 is 1.78. The maximum Gasteiger partial charge on any atom is 0.159 e. The van der Waals surface area contributed by atoms with E-state index in [1.54, 1.807) is 29.5 Å². The van der Waals surface area contributed by atoms with Gasteiger partial charge in [0, 0.05) is 23.0 Å². The van der Waals surface area contributed by atoms with Gasteiger partial charge in [-0.1, -0.05) is 18.2 Å². The van der Waals surface area contributed by atoms with Crippen molar-refractivity contribution in [3.8, 4) is 5.75 Å². The first-order valence-electron chi connectivity index (χ1n) is 8.33. The third-order valence-corrected chi connectivity index (χ3v) is 5.34. The largest absolute Gasteiger partial charge is 0.491 e. The minimum atomic E-state index is -0.549. The smallest absolute Gasteiger partial charge is 0.159 e. The Labute approximate surface area is 146 Å². The monoisotopic (exact) mass is 345 g/mol. The second kappa shape index (κ2) is 7.92. The molecule has 0 unspecified atom stereocenters. The predicted octanol–water partition coefficient (Wildman–Crippen LogP) is 3.53. The summed E-state index contributed by atoms with van der Waals surface area (Å²) in [5.41, 5.74) is 0.624. The molecule has 3 rings (SSSR count).